The number of aromatic nitrogens is 3. The van der Waals surface area contributed by atoms with Gasteiger partial charge in [0, 0.05) is 24.8 Å². The lowest BCUT2D eigenvalue weighted by Crippen LogP contribution is -2.45. The fourth-order valence-electron chi connectivity index (χ4n) is 5.55. The van der Waals surface area contributed by atoms with Crippen LogP contribution < -0.4 is 9.64 Å². The Bertz CT molecular complexity index is 1450. The van der Waals surface area contributed by atoms with E-state index in [-0.39, 0.29) is 12.2 Å². The number of carbonyl (C=O) groups is 1. The first-order valence-corrected chi connectivity index (χ1v) is 15.5. The second-order valence-corrected chi connectivity index (χ2v) is 12.4. The Labute approximate surface area is 261 Å². The molecule has 1 aromatic carbocycles. The number of rotatable bonds is 14. The number of ether oxygens (including phenoxy) is 4. The van der Waals surface area contributed by atoms with Crippen molar-refractivity contribution in [2.24, 2.45) is 0 Å². The Hall–Kier alpha value is -3.69. The second-order valence-electron chi connectivity index (χ2n) is 12.4. The van der Waals surface area contributed by atoms with E-state index in [1.165, 1.54) is 0 Å². The Morgan fingerprint density at radius 1 is 1.11 bits per heavy atom. The van der Waals surface area contributed by atoms with Crippen molar-refractivity contribution in [3.63, 3.8) is 0 Å². The zero-order valence-corrected chi connectivity index (χ0v) is 27.2. The van der Waals surface area contributed by atoms with Gasteiger partial charge in [0.25, 0.3) is 0 Å². The first-order chi connectivity index (χ1) is 21.0. The molecule has 9 heteroatoms. The second kappa shape index (κ2) is 14.4. The van der Waals surface area contributed by atoms with Gasteiger partial charge in [-0.05, 0) is 78.9 Å². The minimum atomic E-state index is -0.964. The molecule has 1 aliphatic heterocycles. The summed E-state index contributed by atoms with van der Waals surface area (Å²) in [7, 11) is 0. The summed E-state index contributed by atoms with van der Waals surface area (Å²) < 4.78 is 25.9. The summed E-state index contributed by atoms with van der Waals surface area (Å²) in [6, 6.07) is 10.1. The number of benzene rings is 1. The number of piperidine rings is 1. The van der Waals surface area contributed by atoms with E-state index < -0.39 is 17.7 Å². The molecule has 0 amide bonds. The molecule has 0 radical (unpaired) electrons. The van der Waals surface area contributed by atoms with Gasteiger partial charge in [-0.3, -0.25) is 0 Å². The van der Waals surface area contributed by atoms with Gasteiger partial charge in [0.2, 0.25) is 0 Å². The summed E-state index contributed by atoms with van der Waals surface area (Å²) in [5.74, 6) is 1.22. The largest absolute Gasteiger partial charge is 0.489 e. The average Bonchev–Trinajstić information content (AvgIpc) is 3.39. The van der Waals surface area contributed by atoms with Crippen LogP contribution in [0, 0.1) is 6.92 Å². The number of esters is 1. The molecule has 4 rings (SSSR count). The predicted octanol–water partition coefficient (Wildman–Crippen LogP) is 6.37. The van der Waals surface area contributed by atoms with Gasteiger partial charge in [-0.15, -0.1) is 6.58 Å². The number of hydrogen-bond acceptors (Lipinski definition) is 8. The lowest BCUT2D eigenvalue weighted by atomic mass is 9.92. The molecule has 0 unspecified atom stereocenters. The van der Waals surface area contributed by atoms with E-state index >= 15 is 0 Å². The molecule has 0 saturated carbocycles. The minimum Gasteiger partial charge on any atom is -0.489 e. The highest BCUT2D eigenvalue weighted by Gasteiger charge is 2.38. The third kappa shape index (κ3) is 8.07. The first kappa shape index (κ1) is 33.2. The van der Waals surface area contributed by atoms with Crippen LogP contribution in [-0.4, -0.2) is 64.7 Å². The van der Waals surface area contributed by atoms with Crippen molar-refractivity contribution in [3.05, 3.63) is 78.2 Å². The molecule has 1 aliphatic rings. The topological polar surface area (TPSA) is 87.4 Å². The van der Waals surface area contributed by atoms with Gasteiger partial charge in [-0.25, -0.2) is 9.78 Å². The number of carbonyl (C=O) groups excluding carboxylic acids is 1. The van der Waals surface area contributed by atoms with E-state index in [1.807, 2.05) is 56.5 Å². The smallest absolute Gasteiger partial charge is 0.340 e. The van der Waals surface area contributed by atoms with Gasteiger partial charge >= 0.3 is 5.97 Å². The van der Waals surface area contributed by atoms with Crippen LogP contribution >= 0.6 is 0 Å². The first-order valence-electron chi connectivity index (χ1n) is 15.5. The molecular weight excluding hydrogens is 556 g/mol. The number of para-hydroxylation sites is 1. The van der Waals surface area contributed by atoms with E-state index in [9.17, 15) is 4.79 Å². The third-order valence-electron chi connectivity index (χ3n) is 7.74. The van der Waals surface area contributed by atoms with Crippen LogP contribution in [0.1, 0.15) is 76.1 Å². The van der Waals surface area contributed by atoms with Crippen LogP contribution in [0.2, 0.25) is 0 Å². The van der Waals surface area contributed by atoms with Gasteiger partial charge in [-0.2, -0.15) is 9.61 Å². The van der Waals surface area contributed by atoms with E-state index in [1.54, 1.807) is 19.1 Å². The van der Waals surface area contributed by atoms with Gasteiger partial charge in [-0.1, -0.05) is 36.9 Å². The van der Waals surface area contributed by atoms with Gasteiger partial charge in [0.15, 0.2) is 11.8 Å². The highest BCUT2D eigenvalue weighted by molar-refractivity contribution is 5.80. The molecule has 238 valence electrons. The molecule has 1 saturated heterocycles. The van der Waals surface area contributed by atoms with Crippen molar-refractivity contribution in [2.45, 2.75) is 84.5 Å². The summed E-state index contributed by atoms with van der Waals surface area (Å²) in [5.41, 5.74) is 3.25. The van der Waals surface area contributed by atoms with Crippen LogP contribution in [-0.2, 0) is 31.8 Å². The monoisotopic (exact) mass is 604 g/mol. The molecule has 3 aromatic rings. The molecule has 0 N–H and O–H groups in total. The summed E-state index contributed by atoms with van der Waals surface area (Å²) in [5, 5.41) is 5.07. The number of fused-ring (bicyclic) bond motifs is 1. The summed E-state index contributed by atoms with van der Waals surface area (Å²) in [4.78, 5) is 20.7. The van der Waals surface area contributed by atoms with Crippen LogP contribution in [0.3, 0.4) is 0 Å². The maximum absolute atomic E-state index is 13.5. The molecule has 0 spiro atoms. The maximum Gasteiger partial charge on any atom is 0.340 e. The van der Waals surface area contributed by atoms with E-state index in [4.69, 9.17) is 29.0 Å². The molecular formula is C35H48N4O5. The summed E-state index contributed by atoms with van der Waals surface area (Å²) >= 11 is 0. The lowest BCUT2D eigenvalue weighted by Gasteiger charge is -2.41. The highest BCUT2D eigenvalue weighted by atomic mass is 16.6. The van der Waals surface area contributed by atoms with E-state index in [0.29, 0.717) is 44.0 Å². The van der Waals surface area contributed by atoms with Crippen LogP contribution in [0.4, 0.5) is 5.82 Å². The maximum atomic E-state index is 13.5. The summed E-state index contributed by atoms with van der Waals surface area (Å²) in [6.45, 7) is 21.9. The molecule has 1 fully saturated rings. The molecule has 9 nitrogen and oxygen atoms in total. The van der Waals surface area contributed by atoms with Gasteiger partial charge in [0.05, 0.1) is 35.7 Å². The predicted molar refractivity (Wildman–Crippen MR) is 173 cm³/mol. The number of anilines is 1. The van der Waals surface area contributed by atoms with Crippen molar-refractivity contribution in [3.8, 4) is 5.75 Å². The molecule has 44 heavy (non-hydrogen) atoms. The zero-order valence-electron chi connectivity index (χ0n) is 27.2. The summed E-state index contributed by atoms with van der Waals surface area (Å²) in [6.07, 6.45) is 5.63. The van der Waals surface area contributed by atoms with E-state index in [2.05, 4.69) is 31.0 Å². The Morgan fingerprint density at radius 3 is 2.48 bits per heavy atom. The van der Waals surface area contributed by atoms with Crippen molar-refractivity contribution in [1.82, 2.24) is 14.6 Å². The average molecular weight is 605 g/mol. The Kier molecular flexibility index (Phi) is 10.9. The van der Waals surface area contributed by atoms with Crippen LogP contribution in [0.15, 0.2) is 55.6 Å². The van der Waals surface area contributed by atoms with Crippen molar-refractivity contribution < 1.29 is 23.7 Å². The van der Waals surface area contributed by atoms with E-state index in [0.717, 1.165) is 47.7 Å². The Balaban J connectivity index is 1.77. The highest BCUT2D eigenvalue weighted by Crippen LogP contribution is 2.38. The fourth-order valence-corrected chi connectivity index (χ4v) is 5.55. The Morgan fingerprint density at radius 2 is 1.82 bits per heavy atom. The third-order valence-corrected chi connectivity index (χ3v) is 7.74. The van der Waals surface area contributed by atoms with Crippen molar-refractivity contribution in [1.29, 1.82) is 0 Å². The molecule has 0 bridgehead atoms. The van der Waals surface area contributed by atoms with Crippen molar-refractivity contribution in [2.75, 3.05) is 37.8 Å². The molecule has 0 aliphatic carbocycles. The lowest BCUT2D eigenvalue weighted by molar-refractivity contribution is -0.166. The van der Waals surface area contributed by atoms with Gasteiger partial charge in [0.1, 0.15) is 18.2 Å². The molecule has 2 aromatic heterocycles. The normalized spacial score (nSPS) is 15.6. The van der Waals surface area contributed by atoms with Gasteiger partial charge < -0.3 is 23.8 Å². The molecule has 1 atom stereocenters. The van der Waals surface area contributed by atoms with Crippen LogP contribution in [0.5, 0.6) is 5.75 Å². The number of hydrogen-bond donors (Lipinski definition) is 0. The fraction of sp³-hybridized carbons (Fsp3) is 0.514. The molecule has 3 heterocycles. The van der Waals surface area contributed by atoms with Crippen molar-refractivity contribution >= 4 is 17.4 Å². The number of aryl methyl sites for hydroxylation is 3. The SMILES string of the molecule is C=CCOc1ccccc1CCc1cc2nc(C)c([C@H](OC(C)(C)C)C(=O)OCC)c(N3CCC(C)(OCC=C)CC3)n2n1. The minimum absolute atomic E-state index is 0.250. The zero-order chi connectivity index (χ0) is 31.9. The number of nitrogens with zero attached hydrogens (tertiary/aromatic N) is 4. The van der Waals surface area contributed by atoms with Crippen LogP contribution in [0.25, 0.3) is 5.65 Å². The quantitative estimate of drug-likeness (QED) is 0.155. The standard InChI is InChI=1S/C35H48N4O5/c1-9-22-42-28-15-13-12-14-26(28)16-17-27-24-29-36-25(4)30(31(33(40)41-11-3)44-34(5,6)7)32(39(29)37-27)38-20-18-35(8,19-21-38)43-23-10-2/h9-10,12-15,24,31H,1-2,11,16-23H2,3-8H3/t31-/m0/s1.